The first-order valence-corrected chi connectivity index (χ1v) is 3.96. The number of thiophene rings is 1. The van der Waals surface area contributed by atoms with Crippen molar-refractivity contribution in [2.45, 2.75) is 0 Å². The lowest BCUT2D eigenvalue weighted by Gasteiger charge is -1.89. The Morgan fingerprint density at radius 2 is 2.45 bits per heavy atom. The summed E-state index contributed by atoms with van der Waals surface area (Å²) in [5, 5.41) is 2.79. The van der Waals surface area contributed by atoms with Gasteiger partial charge in [-0.05, 0) is 17.5 Å². The molecule has 2 rings (SSSR count). The summed E-state index contributed by atoms with van der Waals surface area (Å²) in [5.74, 6) is -0.340. The third-order valence-electron chi connectivity index (χ3n) is 1.32. The fraction of sp³-hybridized carbons (Fsp3) is 0. The minimum absolute atomic E-state index is 0.340. The molecule has 0 N–H and O–H groups in total. The molecule has 3 nitrogen and oxygen atoms in total. The summed E-state index contributed by atoms with van der Waals surface area (Å²) in [6, 6.07) is 3.75. The molecule has 2 aromatic rings. The van der Waals surface area contributed by atoms with Crippen LogP contribution in [0.5, 0.6) is 0 Å². The molecule has 2 aromatic heterocycles. The largest absolute Gasteiger partial charge is 0.424 e. The molecule has 0 aliphatic heterocycles. The third kappa shape index (κ3) is 1.01. The molecule has 11 heavy (non-hydrogen) atoms. The van der Waals surface area contributed by atoms with Gasteiger partial charge in [0.2, 0.25) is 0 Å². The highest BCUT2D eigenvalue weighted by molar-refractivity contribution is 7.12. The van der Waals surface area contributed by atoms with Crippen LogP contribution in [0.2, 0.25) is 0 Å². The lowest BCUT2D eigenvalue weighted by molar-refractivity contribution is 0.505. The zero-order chi connectivity index (χ0) is 7.68. The van der Waals surface area contributed by atoms with Gasteiger partial charge in [0, 0.05) is 0 Å². The van der Waals surface area contributed by atoms with Crippen molar-refractivity contribution in [2.24, 2.45) is 0 Å². The average molecular weight is 167 g/mol. The minimum atomic E-state index is -0.340. The van der Waals surface area contributed by atoms with Crippen molar-refractivity contribution < 1.29 is 4.42 Å². The normalized spacial score (nSPS) is 10.2. The zero-order valence-electron chi connectivity index (χ0n) is 5.56. The van der Waals surface area contributed by atoms with Gasteiger partial charge in [-0.15, -0.1) is 11.3 Å². The van der Waals surface area contributed by atoms with Crippen molar-refractivity contribution in [2.75, 3.05) is 0 Å². The second kappa shape index (κ2) is 2.39. The maximum Gasteiger partial charge on any atom is 0.424 e. The van der Waals surface area contributed by atoms with Gasteiger partial charge in [0.15, 0.2) is 0 Å². The predicted octanol–water partition coefficient (Wildman–Crippen LogP) is 1.49. The number of hydrogen-bond donors (Lipinski definition) is 0. The van der Waals surface area contributed by atoms with E-state index in [-0.39, 0.29) is 5.76 Å². The number of aromatic nitrogens is 1. The second-order valence-electron chi connectivity index (χ2n) is 1.99. The van der Waals surface area contributed by atoms with Crippen molar-refractivity contribution >= 4 is 11.3 Å². The Balaban J connectivity index is 2.62. The Bertz CT molecular complexity index is 384. The highest BCUT2D eigenvalue weighted by Gasteiger charge is 2.00. The number of nitrogens with zero attached hydrogens (tertiary/aromatic N) is 1. The van der Waals surface area contributed by atoms with Gasteiger partial charge in [0.1, 0.15) is 11.3 Å². The maximum atomic E-state index is 10.9. The van der Waals surface area contributed by atoms with Gasteiger partial charge in [-0.2, -0.15) is 0 Å². The van der Waals surface area contributed by atoms with Gasteiger partial charge in [0.25, 0.3) is 0 Å². The van der Waals surface area contributed by atoms with Crippen LogP contribution < -0.4 is 5.76 Å². The van der Waals surface area contributed by atoms with E-state index in [1.807, 2.05) is 17.5 Å². The van der Waals surface area contributed by atoms with Crippen LogP contribution in [0.15, 0.2) is 39.2 Å². The Morgan fingerprint density at radius 1 is 1.55 bits per heavy atom. The summed E-state index contributed by atoms with van der Waals surface area (Å²) in [6.07, 6.45) is 2.98. The van der Waals surface area contributed by atoms with Crippen LogP contribution in [-0.2, 0) is 0 Å². The van der Waals surface area contributed by atoms with Gasteiger partial charge < -0.3 is 4.42 Å². The molecule has 0 amide bonds. The summed E-state index contributed by atoms with van der Waals surface area (Å²) in [5.41, 5.74) is 0. The van der Waals surface area contributed by atoms with Gasteiger partial charge >= 0.3 is 5.76 Å². The van der Waals surface area contributed by atoms with E-state index in [9.17, 15) is 4.79 Å². The second-order valence-corrected chi connectivity index (χ2v) is 2.92. The minimum Gasteiger partial charge on any atom is -0.416 e. The van der Waals surface area contributed by atoms with Gasteiger partial charge in [-0.1, -0.05) is 0 Å². The van der Waals surface area contributed by atoms with Gasteiger partial charge in [0.05, 0.1) is 6.20 Å². The van der Waals surface area contributed by atoms with E-state index in [0.29, 0.717) is 0 Å². The third-order valence-corrected chi connectivity index (χ3v) is 2.19. The molecular weight excluding hydrogens is 162 g/mol. The van der Waals surface area contributed by atoms with Crippen molar-refractivity contribution in [3.8, 4) is 5.00 Å². The van der Waals surface area contributed by atoms with Crippen LogP contribution in [0.4, 0.5) is 0 Å². The molecule has 0 atom stereocenters. The zero-order valence-corrected chi connectivity index (χ0v) is 6.38. The van der Waals surface area contributed by atoms with Crippen molar-refractivity contribution in [1.29, 1.82) is 0 Å². The lowest BCUT2D eigenvalue weighted by atomic mass is 10.6. The summed E-state index contributed by atoms with van der Waals surface area (Å²) < 4.78 is 6.07. The fourth-order valence-electron chi connectivity index (χ4n) is 0.838. The molecule has 0 saturated heterocycles. The standard InChI is InChI=1S/C7H5NO2S/c9-7-8(3-4-10-7)6-2-1-5-11-6/h1-5H. The Morgan fingerprint density at radius 3 is 3.00 bits per heavy atom. The average Bonchev–Trinajstić information content (AvgIpc) is 2.55. The molecule has 0 saturated carbocycles. The molecule has 56 valence electrons. The molecule has 0 spiro atoms. The van der Waals surface area contributed by atoms with Crippen molar-refractivity contribution in [3.05, 3.63) is 40.5 Å². The summed E-state index contributed by atoms with van der Waals surface area (Å²) in [6.45, 7) is 0. The summed E-state index contributed by atoms with van der Waals surface area (Å²) in [7, 11) is 0. The quantitative estimate of drug-likeness (QED) is 0.645. The van der Waals surface area contributed by atoms with Crippen LogP contribution in [0.1, 0.15) is 0 Å². The first kappa shape index (κ1) is 6.42. The van der Waals surface area contributed by atoms with Gasteiger partial charge in [-0.25, -0.2) is 9.36 Å². The maximum absolute atomic E-state index is 10.9. The predicted molar refractivity (Wildman–Crippen MR) is 42.2 cm³/mol. The van der Waals surface area contributed by atoms with Crippen molar-refractivity contribution in [3.63, 3.8) is 0 Å². The molecule has 0 unspecified atom stereocenters. The highest BCUT2D eigenvalue weighted by Crippen LogP contribution is 2.11. The first-order chi connectivity index (χ1) is 5.38. The Labute approximate surface area is 66.5 Å². The van der Waals surface area contributed by atoms with Crippen LogP contribution in [0.25, 0.3) is 5.00 Å². The molecule has 0 aliphatic rings. The van der Waals surface area contributed by atoms with E-state index < -0.39 is 0 Å². The topological polar surface area (TPSA) is 35.1 Å². The number of oxazole rings is 1. The molecule has 0 aromatic carbocycles. The van der Waals surface area contributed by atoms with Crippen LogP contribution in [-0.4, -0.2) is 4.57 Å². The molecule has 2 heterocycles. The smallest absolute Gasteiger partial charge is 0.416 e. The monoisotopic (exact) mass is 167 g/mol. The van der Waals surface area contributed by atoms with E-state index in [4.69, 9.17) is 0 Å². The molecule has 4 heteroatoms. The molecular formula is C7H5NO2S. The molecule has 0 fully saturated rings. The van der Waals surface area contributed by atoms with Crippen LogP contribution in [0, 0.1) is 0 Å². The molecule has 0 aliphatic carbocycles. The Hall–Kier alpha value is -1.29. The van der Waals surface area contributed by atoms with E-state index >= 15 is 0 Å². The lowest BCUT2D eigenvalue weighted by Crippen LogP contribution is -2.08. The molecule has 0 radical (unpaired) electrons. The fourth-order valence-corrected chi connectivity index (χ4v) is 1.54. The van der Waals surface area contributed by atoms with Crippen molar-refractivity contribution in [1.82, 2.24) is 4.57 Å². The van der Waals surface area contributed by atoms with Crippen LogP contribution >= 0.6 is 11.3 Å². The number of rotatable bonds is 1. The molecule has 0 bridgehead atoms. The van der Waals surface area contributed by atoms with Crippen LogP contribution in [0.3, 0.4) is 0 Å². The summed E-state index contributed by atoms with van der Waals surface area (Å²) >= 11 is 1.50. The number of hydrogen-bond acceptors (Lipinski definition) is 3. The van der Waals surface area contributed by atoms with Gasteiger partial charge in [-0.3, -0.25) is 0 Å². The summed E-state index contributed by atoms with van der Waals surface area (Å²) in [4.78, 5) is 10.9. The SMILES string of the molecule is O=c1occn1-c1cccs1. The Kier molecular flexibility index (Phi) is 1.40. The van der Waals surface area contributed by atoms with E-state index in [0.717, 1.165) is 5.00 Å². The van der Waals surface area contributed by atoms with E-state index in [2.05, 4.69) is 4.42 Å². The highest BCUT2D eigenvalue weighted by atomic mass is 32.1. The first-order valence-electron chi connectivity index (χ1n) is 3.08. The van der Waals surface area contributed by atoms with E-state index in [1.54, 1.807) is 6.20 Å². The van der Waals surface area contributed by atoms with E-state index in [1.165, 1.54) is 22.2 Å².